The average Bonchev–Trinajstić information content (AvgIpc) is 2.61. The van der Waals surface area contributed by atoms with Crippen LogP contribution in [0.25, 0.3) is 0 Å². The Balaban J connectivity index is 3.76. The second kappa shape index (κ2) is 16.1. The Morgan fingerprint density at radius 1 is 1.00 bits per heavy atom. The van der Waals surface area contributed by atoms with Gasteiger partial charge in [-0.05, 0) is 31.6 Å². The lowest BCUT2D eigenvalue weighted by molar-refractivity contribution is -0.149. The fourth-order valence-corrected chi connectivity index (χ4v) is 3.38. The maximum absolute atomic E-state index is 11.4. The average molecular weight is 407 g/mol. The molecule has 0 aromatic rings. The van der Waals surface area contributed by atoms with Gasteiger partial charge in [-0.2, -0.15) is 8.42 Å². The van der Waals surface area contributed by atoms with Crippen LogP contribution < -0.4 is 0 Å². The van der Waals surface area contributed by atoms with Crippen LogP contribution in [-0.4, -0.2) is 32.2 Å². The number of hydrogen-bond donors (Lipinski definition) is 1. The third kappa shape index (κ3) is 16.9. The van der Waals surface area contributed by atoms with E-state index in [1.807, 2.05) is 0 Å². The molecule has 7 heteroatoms. The lowest BCUT2D eigenvalue weighted by Gasteiger charge is -2.12. The van der Waals surface area contributed by atoms with Crippen LogP contribution in [0.1, 0.15) is 90.9 Å². The molecule has 0 fully saturated rings. The highest BCUT2D eigenvalue weighted by Gasteiger charge is 2.25. The summed E-state index contributed by atoms with van der Waals surface area (Å²) >= 11 is 0. The largest absolute Gasteiger partial charge is 0.467 e. The van der Waals surface area contributed by atoms with Gasteiger partial charge in [0.15, 0.2) is 6.10 Å². The molecule has 0 radical (unpaired) electrons. The van der Waals surface area contributed by atoms with Crippen LogP contribution in [0.5, 0.6) is 0 Å². The van der Waals surface area contributed by atoms with Crippen molar-refractivity contribution in [1.82, 2.24) is 0 Å². The number of unbranched alkanes of at least 4 members (excludes halogenated alkanes) is 7. The zero-order valence-corrected chi connectivity index (χ0v) is 18.0. The lowest BCUT2D eigenvalue weighted by Crippen LogP contribution is -2.28. The molecule has 27 heavy (non-hydrogen) atoms. The summed E-state index contributed by atoms with van der Waals surface area (Å²) in [6.45, 7) is 4.54. The SMILES string of the molecule is CCCCCCC(C)C/C=C\CCCCCCC(OS(=O)(=O)O)C(=O)OC. The van der Waals surface area contributed by atoms with Crippen LogP contribution in [0.3, 0.4) is 0 Å². The van der Waals surface area contributed by atoms with Crippen molar-refractivity contribution < 1.29 is 26.7 Å². The first-order valence-corrected chi connectivity index (χ1v) is 11.5. The number of carbonyl (C=O) groups is 1. The molecule has 0 saturated heterocycles. The van der Waals surface area contributed by atoms with Crippen molar-refractivity contribution in [1.29, 1.82) is 0 Å². The molecule has 0 aromatic carbocycles. The molecular formula is C20H38O6S. The molecule has 2 unspecified atom stereocenters. The van der Waals surface area contributed by atoms with Gasteiger partial charge in [-0.3, -0.25) is 4.55 Å². The van der Waals surface area contributed by atoms with Crippen molar-refractivity contribution in [3.05, 3.63) is 12.2 Å². The molecule has 0 aromatic heterocycles. The Bertz CT molecular complexity index is 501. The fourth-order valence-electron chi connectivity index (χ4n) is 2.91. The zero-order chi connectivity index (χ0) is 20.5. The fraction of sp³-hybridized carbons (Fsp3) is 0.850. The highest BCUT2D eigenvalue weighted by atomic mass is 32.3. The summed E-state index contributed by atoms with van der Waals surface area (Å²) in [7, 11) is -3.51. The van der Waals surface area contributed by atoms with Crippen molar-refractivity contribution in [2.75, 3.05) is 7.11 Å². The van der Waals surface area contributed by atoms with Crippen LogP contribution in [0.15, 0.2) is 12.2 Å². The van der Waals surface area contributed by atoms with Gasteiger partial charge in [0, 0.05) is 0 Å². The van der Waals surface area contributed by atoms with Gasteiger partial charge in [-0.15, -0.1) is 0 Å². The van der Waals surface area contributed by atoms with Gasteiger partial charge in [0.25, 0.3) is 0 Å². The minimum atomic E-state index is -4.66. The Kier molecular flexibility index (Phi) is 15.5. The number of ether oxygens (including phenoxy) is 1. The number of allylic oxidation sites excluding steroid dienone is 2. The van der Waals surface area contributed by atoms with E-state index < -0.39 is 22.5 Å². The molecule has 0 saturated carbocycles. The van der Waals surface area contributed by atoms with E-state index >= 15 is 0 Å². The van der Waals surface area contributed by atoms with Crippen molar-refractivity contribution in [2.24, 2.45) is 5.92 Å². The third-order valence-corrected chi connectivity index (χ3v) is 5.02. The summed E-state index contributed by atoms with van der Waals surface area (Å²) in [5.41, 5.74) is 0. The van der Waals surface area contributed by atoms with Gasteiger partial charge in [0.1, 0.15) is 0 Å². The molecule has 0 aliphatic carbocycles. The highest BCUT2D eigenvalue weighted by molar-refractivity contribution is 7.80. The first kappa shape index (κ1) is 26.1. The van der Waals surface area contributed by atoms with Crippen LogP contribution in [0, 0.1) is 5.92 Å². The first-order valence-electron chi connectivity index (χ1n) is 10.2. The van der Waals surface area contributed by atoms with E-state index in [1.54, 1.807) is 0 Å². The van der Waals surface area contributed by atoms with Crippen LogP contribution in [0.4, 0.5) is 0 Å². The summed E-state index contributed by atoms with van der Waals surface area (Å²) in [6, 6.07) is 0. The molecule has 0 spiro atoms. The molecule has 0 aliphatic rings. The molecule has 2 atom stereocenters. The van der Waals surface area contributed by atoms with Gasteiger partial charge in [-0.25, -0.2) is 8.98 Å². The first-order chi connectivity index (χ1) is 12.8. The summed E-state index contributed by atoms with van der Waals surface area (Å²) in [6.07, 6.45) is 15.8. The zero-order valence-electron chi connectivity index (χ0n) is 17.2. The predicted octanol–water partition coefficient (Wildman–Crippen LogP) is 5.24. The Hall–Kier alpha value is -0.920. The topological polar surface area (TPSA) is 89.9 Å². The molecule has 0 bridgehead atoms. The lowest BCUT2D eigenvalue weighted by atomic mass is 9.99. The highest BCUT2D eigenvalue weighted by Crippen LogP contribution is 2.15. The smallest absolute Gasteiger partial charge is 0.398 e. The van der Waals surface area contributed by atoms with Crippen molar-refractivity contribution in [3.63, 3.8) is 0 Å². The minimum absolute atomic E-state index is 0.206. The second-order valence-corrected chi connectivity index (χ2v) is 8.24. The van der Waals surface area contributed by atoms with Crippen LogP contribution >= 0.6 is 0 Å². The number of rotatable bonds is 17. The maximum Gasteiger partial charge on any atom is 0.398 e. The Labute approximate surface area is 165 Å². The van der Waals surface area contributed by atoms with Crippen LogP contribution in [-0.2, 0) is 24.1 Å². The normalized spacial score (nSPS) is 14.4. The summed E-state index contributed by atoms with van der Waals surface area (Å²) in [4.78, 5) is 11.4. The molecular weight excluding hydrogens is 368 g/mol. The van der Waals surface area contributed by atoms with Gasteiger partial charge >= 0.3 is 16.4 Å². The third-order valence-electron chi connectivity index (χ3n) is 4.54. The Morgan fingerprint density at radius 3 is 2.26 bits per heavy atom. The van der Waals surface area contributed by atoms with Gasteiger partial charge in [0.2, 0.25) is 0 Å². The molecule has 1 N–H and O–H groups in total. The van der Waals surface area contributed by atoms with E-state index in [1.165, 1.54) is 32.1 Å². The van der Waals surface area contributed by atoms with Crippen molar-refractivity contribution in [2.45, 2.75) is 97.0 Å². The maximum atomic E-state index is 11.4. The van der Waals surface area contributed by atoms with E-state index in [0.29, 0.717) is 6.42 Å². The molecule has 160 valence electrons. The quantitative estimate of drug-likeness (QED) is 0.154. The van der Waals surface area contributed by atoms with Crippen molar-refractivity contribution >= 4 is 16.4 Å². The minimum Gasteiger partial charge on any atom is -0.467 e. The second-order valence-electron chi connectivity index (χ2n) is 7.19. The van der Waals surface area contributed by atoms with Gasteiger partial charge < -0.3 is 4.74 Å². The summed E-state index contributed by atoms with van der Waals surface area (Å²) in [5, 5.41) is 0. The van der Waals surface area contributed by atoms with E-state index in [-0.39, 0.29) is 6.42 Å². The number of methoxy groups -OCH3 is 1. The number of hydrogen-bond acceptors (Lipinski definition) is 5. The van der Waals surface area contributed by atoms with Gasteiger partial charge in [-0.1, -0.05) is 77.4 Å². The van der Waals surface area contributed by atoms with E-state index in [0.717, 1.165) is 45.1 Å². The molecule has 6 nitrogen and oxygen atoms in total. The van der Waals surface area contributed by atoms with Crippen LogP contribution in [0.2, 0.25) is 0 Å². The summed E-state index contributed by atoms with van der Waals surface area (Å²) < 4.78 is 39.0. The van der Waals surface area contributed by atoms with E-state index in [9.17, 15) is 13.2 Å². The van der Waals surface area contributed by atoms with Gasteiger partial charge in [0.05, 0.1) is 7.11 Å². The number of carbonyl (C=O) groups excluding carboxylic acids is 1. The monoisotopic (exact) mass is 406 g/mol. The van der Waals surface area contributed by atoms with Crippen molar-refractivity contribution in [3.8, 4) is 0 Å². The van der Waals surface area contributed by atoms with E-state index in [2.05, 4.69) is 34.9 Å². The van der Waals surface area contributed by atoms with E-state index in [4.69, 9.17) is 4.55 Å². The number of esters is 1. The molecule has 0 aliphatic heterocycles. The molecule has 0 rings (SSSR count). The Morgan fingerprint density at radius 2 is 1.63 bits per heavy atom. The predicted molar refractivity (Wildman–Crippen MR) is 108 cm³/mol. The summed E-state index contributed by atoms with van der Waals surface area (Å²) in [5.74, 6) is -0.0458. The standard InChI is InChI=1S/C20H38O6S/c1-4-5-6-12-15-18(2)16-13-10-8-7-9-11-14-17-19(20(21)25-3)26-27(22,23)24/h10,13,18-19H,4-9,11-12,14-17H2,1-3H3,(H,22,23,24)/b13-10-. The molecule has 0 heterocycles. The molecule has 0 amide bonds.